The van der Waals surface area contributed by atoms with E-state index in [2.05, 4.69) is 34.5 Å². The minimum atomic E-state index is -0.694. The second-order valence-electron chi connectivity index (χ2n) is 10.1. The van der Waals surface area contributed by atoms with E-state index in [0.29, 0.717) is 30.8 Å². The number of halogens is 1. The topological polar surface area (TPSA) is 73.0 Å². The van der Waals surface area contributed by atoms with Crippen LogP contribution in [-0.2, 0) is 22.7 Å². The van der Waals surface area contributed by atoms with E-state index < -0.39 is 17.8 Å². The van der Waals surface area contributed by atoms with Crippen molar-refractivity contribution < 1.29 is 18.8 Å². The fourth-order valence-electron chi connectivity index (χ4n) is 5.54. The van der Waals surface area contributed by atoms with Crippen molar-refractivity contribution in [3.05, 3.63) is 64.5 Å². The zero-order valence-electron chi connectivity index (χ0n) is 19.6. The van der Waals surface area contributed by atoms with Gasteiger partial charge in [0.2, 0.25) is 11.8 Å². The van der Waals surface area contributed by atoms with Gasteiger partial charge in [-0.25, -0.2) is 4.39 Å². The van der Waals surface area contributed by atoms with Crippen LogP contribution in [0.2, 0.25) is 0 Å². The first-order valence-corrected chi connectivity index (χ1v) is 12.5. The average molecular weight is 477 g/mol. The molecule has 3 heterocycles. The number of imide groups is 1. The summed E-state index contributed by atoms with van der Waals surface area (Å²) in [6.45, 7) is 4.23. The fraction of sp³-hybridized carbons (Fsp3) is 0.444. The quantitative estimate of drug-likeness (QED) is 0.672. The summed E-state index contributed by atoms with van der Waals surface area (Å²) in [7, 11) is 0. The number of rotatable bonds is 5. The standard InChI is InChI=1S/C27H29FN4O3/c28-22-14-21-20(16-32(27(21)35)23-7-8-25(33)29-26(23)34)13-24(22)31-11-9-30(10-12-31)15-17-1-3-18(4-2-17)19-5-6-19/h1-4,13-14,19,23H,5-12,15-16H2,(H,29,33,34). The highest BCUT2D eigenvalue weighted by molar-refractivity contribution is 6.05. The van der Waals surface area contributed by atoms with Gasteiger partial charge in [-0.05, 0) is 54.0 Å². The largest absolute Gasteiger partial charge is 0.367 e. The Hall–Kier alpha value is -3.26. The molecule has 1 aliphatic carbocycles. The van der Waals surface area contributed by atoms with Crippen molar-refractivity contribution in [2.45, 2.75) is 50.7 Å². The Morgan fingerprint density at radius 2 is 1.69 bits per heavy atom. The Morgan fingerprint density at radius 1 is 0.943 bits per heavy atom. The SMILES string of the molecule is O=C1CCC(N2Cc3cc(N4CCN(Cc5ccc(C6CC6)cc5)CC4)c(F)cc3C2=O)C(=O)N1. The number of nitrogens with zero attached hydrogens (tertiary/aromatic N) is 3. The molecule has 2 aromatic rings. The second kappa shape index (κ2) is 8.75. The van der Waals surface area contributed by atoms with Crippen molar-refractivity contribution in [2.24, 2.45) is 0 Å². The average Bonchev–Trinajstić information content (AvgIpc) is 3.65. The lowest BCUT2D eigenvalue weighted by atomic mass is 10.0. The molecule has 8 heteroatoms. The highest BCUT2D eigenvalue weighted by Crippen LogP contribution is 2.40. The van der Waals surface area contributed by atoms with E-state index in [1.54, 1.807) is 6.07 Å². The fourth-order valence-corrected chi connectivity index (χ4v) is 5.54. The van der Waals surface area contributed by atoms with E-state index >= 15 is 4.39 Å². The third kappa shape index (κ3) is 4.31. The first-order chi connectivity index (χ1) is 17.0. The summed E-state index contributed by atoms with van der Waals surface area (Å²) in [6.07, 6.45) is 3.11. The zero-order chi connectivity index (χ0) is 24.1. The number of amides is 3. The smallest absolute Gasteiger partial charge is 0.255 e. The molecule has 4 aliphatic rings. The number of carbonyl (C=O) groups excluding carboxylic acids is 3. The van der Waals surface area contributed by atoms with E-state index in [1.807, 2.05) is 4.90 Å². The number of piperazine rings is 1. The highest BCUT2D eigenvalue weighted by Gasteiger charge is 2.40. The van der Waals surface area contributed by atoms with Crippen molar-refractivity contribution in [3.8, 4) is 0 Å². The number of nitrogens with one attached hydrogen (secondary N) is 1. The van der Waals surface area contributed by atoms with Crippen molar-refractivity contribution in [1.29, 1.82) is 0 Å². The molecule has 0 bridgehead atoms. The van der Waals surface area contributed by atoms with Crippen LogP contribution < -0.4 is 10.2 Å². The summed E-state index contributed by atoms with van der Waals surface area (Å²) in [5.74, 6) is -0.774. The zero-order valence-corrected chi connectivity index (χ0v) is 19.6. The molecule has 1 unspecified atom stereocenters. The lowest BCUT2D eigenvalue weighted by Gasteiger charge is -2.36. The maximum atomic E-state index is 15.1. The number of hydrogen-bond donors (Lipinski definition) is 1. The molecule has 3 aliphatic heterocycles. The van der Waals surface area contributed by atoms with Crippen molar-refractivity contribution >= 4 is 23.4 Å². The third-order valence-corrected chi connectivity index (χ3v) is 7.74. The first-order valence-electron chi connectivity index (χ1n) is 12.5. The van der Waals surface area contributed by atoms with Crippen LogP contribution >= 0.6 is 0 Å². The summed E-state index contributed by atoms with van der Waals surface area (Å²) in [5, 5.41) is 2.30. The minimum Gasteiger partial charge on any atom is -0.367 e. The molecule has 2 saturated heterocycles. The lowest BCUT2D eigenvalue weighted by Crippen LogP contribution is -2.52. The Morgan fingerprint density at radius 3 is 2.37 bits per heavy atom. The normalized spacial score (nSPS) is 23.0. The number of piperidine rings is 1. The van der Waals surface area contributed by atoms with Crippen LogP contribution in [0.4, 0.5) is 10.1 Å². The lowest BCUT2D eigenvalue weighted by molar-refractivity contribution is -0.136. The highest BCUT2D eigenvalue weighted by atomic mass is 19.1. The van der Waals surface area contributed by atoms with Gasteiger partial charge in [-0.1, -0.05) is 24.3 Å². The minimum absolute atomic E-state index is 0.199. The molecule has 7 nitrogen and oxygen atoms in total. The number of anilines is 1. The molecular formula is C27H29FN4O3. The van der Waals surface area contributed by atoms with E-state index in [1.165, 1.54) is 34.9 Å². The molecule has 2 aromatic carbocycles. The third-order valence-electron chi connectivity index (χ3n) is 7.74. The van der Waals surface area contributed by atoms with Gasteiger partial charge in [-0.15, -0.1) is 0 Å². The Balaban J connectivity index is 1.10. The maximum Gasteiger partial charge on any atom is 0.255 e. The van der Waals surface area contributed by atoms with Gasteiger partial charge in [-0.3, -0.25) is 24.6 Å². The summed E-state index contributed by atoms with van der Waals surface area (Å²) >= 11 is 0. The molecule has 0 aromatic heterocycles. The summed E-state index contributed by atoms with van der Waals surface area (Å²) in [6, 6.07) is 11.3. The van der Waals surface area contributed by atoms with Crippen LogP contribution in [0, 0.1) is 5.82 Å². The van der Waals surface area contributed by atoms with Crippen LogP contribution in [0.1, 0.15) is 58.6 Å². The molecular weight excluding hydrogens is 447 g/mol. The van der Waals surface area contributed by atoms with E-state index in [0.717, 1.165) is 31.1 Å². The molecule has 3 amide bonds. The van der Waals surface area contributed by atoms with Crippen LogP contribution in [0.25, 0.3) is 0 Å². The summed E-state index contributed by atoms with van der Waals surface area (Å²) in [4.78, 5) is 42.5. The summed E-state index contributed by atoms with van der Waals surface area (Å²) < 4.78 is 15.1. The van der Waals surface area contributed by atoms with Crippen LogP contribution in [0.15, 0.2) is 36.4 Å². The molecule has 1 N–H and O–H groups in total. The predicted octanol–water partition coefficient (Wildman–Crippen LogP) is 2.79. The Kier molecular flexibility index (Phi) is 5.56. The molecule has 3 fully saturated rings. The van der Waals surface area contributed by atoms with Gasteiger partial charge in [0, 0.05) is 51.3 Å². The number of benzene rings is 2. The number of carbonyl (C=O) groups is 3. The van der Waals surface area contributed by atoms with Crippen LogP contribution in [0.5, 0.6) is 0 Å². The van der Waals surface area contributed by atoms with E-state index in [-0.39, 0.29) is 24.8 Å². The molecule has 1 saturated carbocycles. The number of fused-ring (bicyclic) bond motifs is 1. The number of hydrogen-bond acceptors (Lipinski definition) is 5. The maximum absolute atomic E-state index is 15.1. The first kappa shape index (κ1) is 22.2. The molecule has 0 radical (unpaired) electrons. The summed E-state index contributed by atoms with van der Waals surface area (Å²) in [5.41, 5.74) is 4.30. The van der Waals surface area contributed by atoms with Gasteiger partial charge in [0.05, 0.1) is 5.69 Å². The molecule has 0 spiro atoms. The van der Waals surface area contributed by atoms with Gasteiger partial charge < -0.3 is 9.80 Å². The molecule has 1 atom stereocenters. The van der Waals surface area contributed by atoms with Gasteiger partial charge in [0.1, 0.15) is 11.9 Å². The van der Waals surface area contributed by atoms with Crippen molar-refractivity contribution in [1.82, 2.24) is 15.1 Å². The van der Waals surface area contributed by atoms with Gasteiger partial charge in [0.25, 0.3) is 5.91 Å². The van der Waals surface area contributed by atoms with E-state index in [9.17, 15) is 14.4 Å². The second-order valence-corrected chi connectivity index (χ2v) is 10.1. The van der Waals surface area contributed by atoms with E-state index in [4.69, 9.17) is 0 Å². The monoisotopic (exact) mass is 476 g/mol. The molecule has 6 rings (SSSR count). The Bertz CT molecular complexity index is 1190. The van der Waals surface area contributed by atoms with Crippen LogP contribution in [0.3, 0.4) is 0 Å². The van der Waals surface area contributed by atoms with Gasteiger partial charge >= 0.3 is 0 Å². The Labute approximate surface area is 203 Å². The van der Waals surface area contributed by atoms with Crippen molar-refractivity contribution in [2.75, 3.05) is 31.1 Å². The van der Waals surface area contributed by atoms with Gasteiger partial charge in [-0.2, -0.15) is 0 Å². The van der Waals surface area contributed by atoms with Crippen LogP contribution in [-0.4, -0.2) is 59.7 Å². The van der Waals surface area contributed by atoms with Gasteiger partial charge in [0.15, 0.2) is 0 Å². The van der Waals surface area contributed by atoms with Crippen molar-refractivity contribution in [3.63, 3.8) is 0 Å². The molecule has 35 heavy (non-hydrogen) atoms. The molecule has 182 valence electrons. The predicted molar refractivity (Wildman–Crippen MR) is 128 cm³/mol.